The van der Waals surface area contributed by atoms with Gasteiger partial charge < -0.3 is 20.5 Å². The molecular formula is C14H29ClN2O3. The molecule has 6 heteroatoms. The predicted octanol–water partition coefficient (Wildman–Crippen LogP) is 1.34. The summed E-state index contributed by atoms with van der Waals surface area (Å²) in [5.74, 6) is 0.625. The van der Waals surface area contributed by atoms with Crippen molar-refractivity contribution in [3.05, 3.63) is 0 Å². The summed E-state index contributed by atoms with van der Waals surface area (Å²) in [7, 11) is 0. The van der Waals surface area contributed by atoms with Gasteiger partial charge in [-0.3, -0.25) is 4.79 Å². The highest BCUT2D eigenvalue weighted by atomic mass is 35.5. The lowest BCUT2D eigenvalue weighted by Crippen LogP contribution is -2.49. The van der Waals surface area contributed by atoms with Crippen LogP contribution in [0.5, 0.6) is 0 Å². The van der Waals surface area contributed by atoms with E-state index in [9.17, 15) is 4.79 Å². The molecule has 0 aromatic heterocycles. The minimum Gasteiger partial charge on any atom is -0.381 e. The lowest BCUT2D eigenvalue weighted by Gasteiger charge is -2.34. The summed E-state index contributed by atoms with van der Waals surface area (Å²) in [4.78, 5) is 12.2. The van der Waals surface area contributed by atoms with Crippen LogP contribution in [0, 0.1) is 11.3 Å². The van der Waals surface area contributed by atoms with Crippen molar-refractivity contribution in [2.24, 2.45) is 17.1 Å². The Morgan fingerprint density at radius 2 is 2.05 bits per heavy atom. The number of nitrogens with two attached hydrogens (primary N) is 1. The van der Waals surface area contributed by atoms with Crippen LogP contribution in [0.3, 0.4) is 0 Å². The third-order valence-corrected chi connectivity index (χ3v) is 3.52. The van der Waals surface area contributed by atoms with Crippen LogP contribution in [-0.2, 0) is 14.3 Å². The molecule has 1 aliphatic heterocycles. The summed E-state index contributed by atoms with van der Waals surface area (Å²) in [5, 5.41) is 2.98. The molecule has 0 radical (unpaired) electrons. The Kier molecular flexibility index (Phi) is 10.2. The van der Waals surface area contributed by atoms with Crippen molar-refractivity contribution >= 4 is 18.3 Å². The molecule has 0 atom stereocenters. The van der Waals surface area contributed by atoms with Crippen LogP contribution in [0.4, 0.5) is 0 Å². The molecule has 0 bridgehead atoms. The first kappa shape index (κ1) is 19.6. The van der Waals surface area contributed by atoms with Crippen molar-refractivity contribution in [1.29, 1.82) is 0 Å². The quantitative estimate of drug-likeness (QED) is 0.664. The molecule has 1 aliphatic rings. The highest BCUT2D eigenvalue weighted by Gasteiger charge is 2.38. The first-order chi connectivity index (χ1) is 9.10. The number of rotatable bonds is 8. The zero-order chi connectivity index (χ0) is 14.1. The van der Waals surface area contributed by atoms with Crippen LogP contribution in [-0.4, -0.2) is 45.4 Å². The Morgan fingerprint density at radius 1 is 1.40 bits per heavy atom. The summed E-state index contributed by atoms with van der Waals surface area (Å²) < 4.78 is 10.8. The van der Waals surface area contributed by atoms with Gasteiger partial charge in [-0.2, -0.15) is 0 Å². The number of amides is 1. The van der Waals surface area contributed by atoms with Crippen molar-refractivity contribution in [2.75, 3.05) is 39.5 Å². The highest BCUT2D eigenvalue weighted by Crippen LogP contribution is 2.29. The van der Waals surface area contributed by atoms with Gasteiger partial charge in [0.1, 0.15) is 0 Å². The predicted molar refractivity (Wildman–Crippen MR) is 82.1 cm³/mol. The second-order valence-corrected chi connectivity index (χ2v) is 5.68. The Hall–Kier alpha value is -0.360. The molecule has 0 saturated carbocycles. The van der Waals surface area contributed by atoms with E-state index in [-0.39, 0.29) is 18.3 Å². The largest absolute Gasteiger partial charge is 0.381 e. The van der Waals surface area contributed by atoms with Crippen molar-refractivity contribution in [3.63, 3.8) is 0 Å². The number of hydrogen-bond acceptors (Lipinski definition) is 4. The fraction of sp³-hybridized carbons (Fsp3) is 0.929. The summed E-state index contributed by atoms with van der Waals surface area (Å²) >= 11 is 0. The van der Waals surface area contributed by atoms with E-state index in [0.717, 1.165) is 25.9 Å². The maximum absolute atomic E-state index is 12.2. The monoisotopic (exact) mass is 308 g/mol. The molecule has 3 N–H and O–H groups in total. The summed E-state index contributed by atoms with van der Waals surface area (Å²) in [6, 6.07) is 0. The van der Waals surface area contributed by atoms with Crippen LogP contribution in [0.15, 0.2) is 0 Å². The Labute approximate surface area is 128 Å². The van der Waals surface area contributed by atoms with Gasteiger partial charge in [0.2, 0.25) is 5.91 Å². The fourth-order valence-corrected chi connectivity index (χ4v) is 2.17. The van der Waals surface area contributed by atoms with Gasteiger partial charge >= 0.3 is 0 Å². The third kappa shape index (κ3) is 6.39. The molecule has 1 rings (SSSR count). The molecule has 120 valence electrons. The van der Waals surface area contributed by atoms with E-state index in [1.54, 1.807) is 0 Å². The third-order valence-electron chi connectivity index (χ3n) is 3.52. The van der Waals surface area contributed by atoms with Crippen molar-refractivity contribution in [1.82, 2.24) is 5.32 Å². The van der Waals surface area contributed by atoms with E-state index >= 15 is 0 Å². The molecule has 5 nitrogen and oxygen atoms in total. The van der Waals surface area contributed by atoms with Gasteiger partial charge in [-0.25, -0.2) is 0 Å². The molecular weight excluding hydrogens is 280 g/mol. The molecule has 1 heterocycles. The van der Waals surface area contributed by atoms with E-state index in [1.807, 2.05) is 0 Å². The first-order valence-electron chi connectivity index (χ1n) is 7.24. The van der Waals surface area contributed by atoms with E-state index in [4.69, 9.17) is 15.2 Å². The number of carbonyl (C=O) groups excluding carboxylic acids is 1. The van der Waals surface area contributed by atoms with E-state index < -0.39 is 5.41 Å². The lowest BCUT2D eigenvalue weighted by atomic mass is 9.79. The van der Waals surface area contributed by atoms with E-state index in [0.29, 0.717) is 38.8 Å². The maximum atomic E-state index is 12.2. The minimum absolute atomic E-state index is 0. The topological polar surface area (TPSA) is 73.6 Å². The van der Waals surface area contributed by atoms with Gasteiger partial charge in [0.05, 0.1) is 5.41 Å². The number of halogens is 1. The average Bonchev–Trinajstić information content (AvgIpc) is 2.42. The smallest absolute Gasteiger partial charge is 0.227 e. The van der Waals surface area contributed by atoms with Crippen LogP contribution in [0.2, 0.25) is 0 Å². The molecule has 20 heavy (non-hydrogen) atoms. The van der Waals surface area contributed by atoms with Crippen LogP contribution >= 0.6 is 12.4 Å². The second kappa shape index (κ2) is 10.4. The normalized spacial score (nSPS) is 17.6. The van der Waals surface area contributed by atoms with Crippen LogP contribution in [0.25, 0.3) is 0 Å². The minimum atomic E-state index is -0.420. The molecule has 1 saturated heterocycles. The van der Waals surface area contributed by atoms with Gasteiger partial charge in [0, 0.05) is 39.5 Å². The average molecular weight is 309 g/mol. The maximum Gasteiger partial charge on any atom is 0.227 e. The zero-order valence-electron chi connectivity index (χ0n) is 12.7. The van der Waals surface area contributed by atoms with Gasteiger partial charge in [-0.05, 0) is 25.2 Å². The zero-order valence-corrected chi connectivity index (χ0v) is 13.5. The Bertz CT molecular complexity index is 269. The summed E-state index contributed by atoms with van der Waals surface area (Å²) in [5.41, 5.74) is 5.36. The second-order valence-electron chi connectivity index (χ2n) is 5.68. The van der Waals surface area contributed by atoms with E-state index in [1.165, 1.54) is 0 Å². The van der Waals surface area contributed by atoms with Gasteiger partial charge in [-0.1, -0.05) is 13.8 Å². The molecule has 0 spiro atoms. The molecule has 0 aliphatic carbocycles. The number of ether oxygens (including phenoxy) is 2. The van der Waals surface area contributed by atoms with Gasteiger partial charge in [0.15, 0.2) is 0 Å². The Balaban J connectivity index is 0.00000361. The van der Waals surface area contributed by atoms with Crippen molar-refractivity contribution in [3.8, 4) is 0 Å². The number of carbonyl (C=O) groups is 1. The molecule has 0 aromatic carbocycles. The fourth-order valence-electron chi connectivity index (χ4n) is 2.17. The SMILES string of the molecule is CC(C)COCCCNC(=O)C1(CN)CCOCC1.Cl. The van der Waals surface area contributed by atoms with Crippen LogP contribution in [0.1, 0.15) is 33.1 Å². The first-order valence-corrected chi connectivity index (χ1v) is 7.24. The summed E-state index contributed by atoms with van der Waals surface area (Å²) in [6.45, 7) is 8.01. The van der Waals surface area contributed by atoms with Gasteiger partial charge in [-0.15, -0.1) is 12.4 Å². The number of nitrogens with one attached hydrogen (secondary N) is 1. The number of hydrogen-bond donors (Lipinski definition) is 2. The summed E-state index contributed by atoms with van der Waals surface area (Å²) in [6.07, 6.45) is 2.29. The van der Waals surface area contributed by atoms with Crippen molar-refractivity contribution in [2.45, 2.75) is 33.1 Å². The molecule has 0 aromatic rings. The standard InChI is InChI=1S/C14H28N2O3.ClH/c1-12(2)10-19-7-3-6-16-13(17)14(11-15)4-8-18-9-5-14;/h12H,3-11,15H2,1-2H3,(H,16,17);1H. The molecule has 0 unspecified atom stereocenters. The Morgan fingerprint density at radius 3 is 2.60 bits per heavy atom. The highest BCUT2D eigenvalue weighted by molar-refractivity contribution is 5.85. The van der Waals surface area contributed by atoms with Gasteiger partial charge in [0.25, 0.3) is 0 Å². The molecule has 1 amide bonds. The molecule has 1 fully saturated rings. The van der Waals surface area contributed by atoms with Crippen molar-refractivity contribution < 1.29 is 14.3 Å². The van der Waals surface area contributed by atoms with E-state index in [2.05, 4.69) is 19.2 Å². The lowest BCUT2D eigenvalue weighted by molar-refractivity contribution is -0.135. The van der Waals surface area contributed by atoms with Crippen LogP contribution < -0.4 is 11.1 Å².